The quantitative estimate of drug-likeness (QED) is 0.296. The molecule has 5 nitrogen and oxygen atoms in total. The molecule has 1 aromatic heterocycles. The maximum atomic E-state index is 13.5. The predicted molar refractivity (Wildman–Crippen MR) is 133 cm³/mol. The molecule has 10 heteroatoms. The van der Waals surface area contributed by atoms with Gasteiger partial charge >= 0.3 is 6.18 Å². The standard InChI is InChI=1S/C26H22F4N2O3S/c1-15(31-2)24-21-13-20(16-5-9-18(10-6-16)26(28,29)30)22(32(3)36(4,33)34)14-23(21)35-25(24)17-7-11-19(27)12-8-17/h5-14,31H,1H2,2-4H3. The van der Waals surface area contributed by atoms with E-state index in [1.165, 1.54) is 37.4 Å². The van der Waals surface area contributed by atoms with Crippen molar-refractivity contribution in [3.63, 3.8) is 0 Å². The van der Waals surface area contributed by atoms with Crippen LogP contribution in [-0.4, -0.2) is 28.8 Å². The van der Waals surface area contributed by atoms with E-state index in [9.17, 15) is 26.0 Å². The normalized spacial score (nSPS) is 12.1. The molecular formula is C26H22F4N2O3S. The van der Waals surface area contributed by atoms with Gasteiger partial charge in [-0.25, -0.2) is 12.8 Å². The van der Waals surface area contributed by atoms with Crippen LogP contribution in [0.25, 0.3) is 39.1 Å². The van der Waals surface area contributed by atoms with Crippen LogP contribution in [-0.2, 0) is 16.2 Å². The fraction of sp³-hybridized carbons (Fsp3) is 0.154. The molecule has 0 unspecified atom stereocenters. The van der Waals surface area contributed by atoms with Crippen LogP contribution in [0, 0.1) is 5.82 Å². The molecular weight excluding hydrogens is 496 g/mol. The summed E-state index contributed by atoms with van der Waals surface area (Å²) in [6, 6.07) is 13.3. The molecule has 36 heavy (non-hydrogen) atoms. The zero-order valence-corrected chi connectivity index (χ0v) is 20.4. The molecule has 0 fully saturated rings. The molecule has 0 aliphatic carbocycles. The molecule has 4 rings (SSSR count). The fourth-order valence-corrected chi connectivity index (χ4v) is 4.38. The lowest BCUT2D eigenvalue weighted by Gasteiger charge is -2.21. The van der Waals surface area contributed by atoms with Gasteiger partial charge in [-0.05, 0) is 48.0 Å². The highest BCUT2D eigenvalue weighted by atomic mass is 32.2. The van der Waals surface area contributed by atoms with Gasteiger partial charge in [0.1, 0.15) is 17.2 Å². The minimum Gasteiger partial charge on any atom is -0.455 e. The maximum Gasteiger partial charge on any atom is 0.416 e. The highest BCUT2D eigenvalue weighted by molar-refractivity contribution is 7.92. The van der Waals surface area contributed by atoms with Gasteiger partial charge in [-0.2, -0.15) is 13.2 Å². The zero-order valence-electron chi connectivity index (χ0n) is 19.6. The molecule has 4 aromatic rings. The molecule has 1 N–H and O–H groups in total. The molecule has 0 radical (unpaired) electrons. The van der Waals surface area contributed by atoms with Crippen LogP contribution in [0.2, 0.25) is 0 Å². The molecule has 0 amide bonds. The van der Waals surface area contributed by atoms with Crippen LogP contribution in [0.4, 0.5) is 23.2 Å². The van der Waals surface area contributed by atoms with E-state index < -0.39 is 27.6 Å². The van der Waals surface area contributed by atoms with Gasteiger partial charge in [-0.15, -0.1) is 0 Å². The Bertz CT molecular complexity index is 1560. The minimum absolute atomic E-state index is 0.214. The Kier molecular flexibility index (Phi) is 6.34. The van der Waals surface area contributed by atoms with Crippen molar-refractivity contribution in [1.29, 1.82) is 0 Å². The Morgan fingerprint density at radius 2 is 1.58 bits per heavy atom. The number of nitrogens with one attached hydrogen (secondary N) is 1. The fourth-order valence-electron chi connectivity index (χ4n) is 3.87. The van der Waals surface area contributed by atoms with Crippen molar-refractivity contribution in [2.75, 3.05) is 24.7 Å². The number of benzene rings is 3. The lowest BCUT2D eigenvalue weighted by atomic mass is 9.97. The smallest absolute Gasteiger partial charge is 0.416 e. The van der Waals surface area contributed by atoms with Crippen LogP contribution in [0.1, 0.15) is 11.1 Å². The SMILES string of the molecule is C=C(NC)c1c(-c2ccc(F)cc2)oc2cc(N(C)S(C)(=O)=O)c(-c3ccc(C(F)(F)F)cc3)cc12. The summed E-state index contributed by atoms with van der Waals surface area (Å²) in [6.07, 6.45) is -3.49. The predicted octanol–water partition coefficient (Wildman–Crippen LogP) is 6.51. The van der Waals surface area contributed by atoms with Gasteiger partial charge in [-0.1, -0.05) is 18.7 Å². The number of fused-ring (bicyclic) bond motifs is 1. The summed E-state index contributed by atoms with van der Waals surface area (Å²) in [5, 5.41) is 3.52. The number of hydrogen-bond acceptors (Lipinski definition) is 4. The highest BCUT2D eigenvalue weighted by Gasteiger charge is 2.30. The number of sulfonamides is 1. The van der Waals surface area contributed by atoms with Gasteiger partial charge in [0.2, 0.25) is 10.0 Å². The number of alkyl halides is 3. The summed E-state index contributed by atoms with van der Waals surface area (Å²) < 4.78 is 84.9. The third-order valence-electron chi connectivity index (χ3n) is 5.88. The number of nitrogens with zero attached hydrogens (tertiary/aromatic N) is 1. The Morgan fingerprint density at radius 1 is 1.00 bits per heavy atom. The second-order valence-corrected chi connectivity index (χ2v) is 10.2. The Hall–Kier alpha value is -3.79. The first kappa shape index (κ1) is 25.3. The van der Waals surface area contributed by atoms with Crippen molar-refractivity contribution in [2.45, 2.75) is 6.18 Å². The Labute approximate surface area is 205 Å². The second kappa shape index (κ2) is 9.02. The molecule has 0 aliphatic heterocycles. The summed E-state index contributed by atoms with van der Waals surface area (Å²) in [4.78, 5) is 0. The largest absolute Gasteiger partial charge is 0.455 e. The zero-order chi connectivity index (χ0) is 26.4. The van der Waals surface area contributed by atoms with E-state index in [1.54, 1.807) is 25.2 Å². The van der Waals surface area contributed by atoms with Crippen molar-refractivity contribution in [2.24, 2.45) is 0 Å². The second-order valence-electron chi connectivity index (χ2n) is 8.21. The average Bonchev–Trinajstić information content (AvgIpc) is 3.20. The van der Waals surface area contributed by atoms with Crippen molar-refractivity contribution in [1.82, 2.24) is 5.32 Å². The van der Waals surface area contributed by atoms with Gasteiger partial charge in [0.25, 0.3) is 0 Å². The van der Waals surface area contributed by atoms with Gasteiger partial charge in [0, 0.05) is 42.4 Å². The molecule has 1 heterocycles. The molecule has 0 atom stereocenters. The summed E-state index contributed by atoms with van der Waals surface area (Å²) in [5.74, 6) is -0.0487. The maximum absolute atomic E-state index is 13.5. The summed E-state index contributed by atoms with van der Waals surface area (Å²) >= 11 is 0. The molecule has 0 spiro atoms. The Balaban J connectivity index is 2.04. The van der Waals surface area contributed by atoms with Gasteiger partial charge in [-0.3, -0.25) is 4.31 Å². The van der Waals surface area contributed by atoms with Crippen LogP contribution < -0.4 is 9.62 Å². The monoisotopic (exact) mass is 518 g/mol. The van der Waals surface area contributed by atoms with Crippen molar-refractivity contribution in [3.8, 4) is 22.5 Å². The van der Waals surface area contributed by atoms with Gasteiger partial charge in [0.05, 0.1) is 23.1 Å². The van der Waals surface area contributed by atoms with Gasteiger partial charge < -0.3 is 9.73 Å². The minimum atomic E-state index is -4.51. The molecule has 0 aliphatic rings. The number of anilines is 1. The van der Waals surface area contributed by atoms with E-state index in [2.05, 4.69) is 11.9 Å². The van der Waals surface area contributed by atoms with E-state index in [4.69, 9.17) is 4.42 Å². The number of furan rings is 1. The summed E-state index contributed by atoms with van der Waals surface area (Å²) in [5.41, 5.74) is 2.07. The van der Waals surface area contributed by atoms with Gasteiger partial charge in [0.15, 0.2) is 0 Å². The first-order valence-corrected chi connectivity index (χ1v) is 12.5. The Morgan fingerprint density at radius 3 is 2.11 bits per heavy atom. The number of rotatable bonds is 6. The van der Waals surface area contributed by atoms with Crippen molar-refractivity contribution < 1.29 is 30.4 Å². The van der Waals surface area contributed by atoms with E-state index in [0.29, 0.717) is 44.7 Å². The van der Waals surface area contributed by atoms with Crippen LogP contribution in [0.5, 0.6) is 0 Å². The number of hydrogen-bond donors (Lipinski definition) is 1. The third-order valence-corrected chi connectivity index (χ3v) is 7.07. The van der Waals surface area contributed by atoms with E-state index in [1.807, 2.05) is 0 Å². The topological polar surface area (TPSA) is 62.6 Å². The summed E-state index contributed by atoms with van der Waals surface area (Å²) in [7, 11) is -0.714. The van der Waals surface area contributed by atoms with Crippen LogP contribution in [0.3, 0.4) is 0 Å². The molecule has 3 aromatic carbocycles. The van der Waals surface area contributed by atoms with E-state index in [-0.39, 0.29) is 5.69 Å². The van der Waals surface area contributed by atoms with Crippen molar-refractivity contribution in [3.05, 3.63) is 84.2 Å². The lowest BCUT2D eigenvalue weighted by molar-refractivity contribution is -0.137. The van der Waals surface area contributed by atoms with Crippen LogP contribution >= 0.6 is 0 Å². The molecule has 0 bridgehead atoms. The highest BCUT2D eigenvalue weighted by Crippen LogP contribution is 2.43. The third kappa shape index (κ3) is 4.68. The van der Waals surface area contributed by atoms with E-state index >= 15 is 0 Å². The first-order chi connectivity index (χ1) is 16.8. The van der Waals surface area contributed by atoms with Crippen molar-refractivity contribution >= 4 is 32.4 Å². The average molecular weight is 519 g/mol. The van der Waals surface area contributed by atoms with E-state index in [0.717, 1.165) is 22.7 Å². The molecule has 0 saturated heterocycles. The number of halogens is 4. The van der Waals surface area contributed by atoms with Crippen LogP contribution in [0.15, 0.2) is 71.7 Å². The summed E-state index contributed by atoms with van der Waals surface area (Å²) in [6.45, 7) is 4.03. The first-order valence-electron chi connectivity index (χ1n) is 10.7. The molecule has 0 saturated carbocycles. The molecule has 188 valence electrons. The lowest BCUT2D eigenvalue weighted by Crippen LogP contribution is -2.25.